The zero-order chi connectivity index (χ0) is 18.6. The van der Waals surface area contributed by atoms with Crippen molar-refractivity contribution in [1.29, 1.82) is 0 Å². The number of nitrogens with zero attached hydrogens (tertiary/aromatic N) is 4. The predicted molar refractivity (Wildman–Crippen MR) is 100 cm³/mol. The first-order chi connectivity index (χ1) is 12.2. The number of hydrogen-bond donors (Lipinski definition) is 1. The van der Waals surface area contributed by atoms with Crippen LogP contribution in [0.25, 0.3) is 5.78 Å². The molecule has 0 aliphatic heterocycles. The number of carbonyl (C=O) groups is 1. The van der Waals surface area contributed by atoms with Gasteiger partial charge in [-0.3, -0.25) is 4.79 Å². The van der Waals surface area contributed by atoms with Gasteiger partial charge in [-0.25, -0.2) is 9.50 Å². The van der Waals surface area contributed by atoms with Crippen molar-refractivity contribution in [2.75, 3.05) is 0 Å². The molecule has 2 heterocycles. The average Bonchev–Trinajstić information content (AvgIpc) is 3.26. The van der Waals surface area contributed by atoms with Crippen molar-refractivity contribution in [3.8, 4) is 0 Å². The Hall–Kier alpha value is -1.98. The van der Waals surface area contributed by atoms with Gasteiger partial charge in [-0.05, 0) is 56.9 Å². The van der Waals surface area contributed by atoms with Crippen LogP contribution in [-0.4, -0.2) is 31.5 Å². The highest BCUT2D eigenvalue weighted by atomic mass is 16.1. The molecule has 2 fully saturated rings. The lowest BCUT2D eigenvalue weighted by atomic mass is 9.84. The molecular weight excluding hydrogens is 326 g/mol. The second kappa shape index (κ2) is 6.03. The van der Waals surface area contributed by atoms with E-state index in [1.165, 1.54) is 25.7 Å². The van der Waals surface area contributed by atoms with Gasteiger partial charge in [-0.15, -0.1) is 0 Å². The van der Waals surface area contributed by atoms with Gasteiger partial charge in [0.05, 0.1) is 5.69 Å². The maximum absolute atomic E-state index is 12.9. The monoisotopic (exact) mass is 355 g/mol. The quantitative estimate of drug-likeness (QED) is 0.917. The molecule has 0 radical (unpaired) electrons. The van der Waals surface area contributed by atoms with Gasteiger partial charge in [-0.2, -0.15) is 10.1 Å². The Labute approximate surface area is 154 Å². The van der Waals surface area contributed by atoms with Crippen LogP contribution in [0.4, 0.5) is 0 Å². The lowest BCUT2D eigenvalue weighted by Gasteiger charge is -2.28. The zero-order valence-corrected chi connectivity index (χ0v) is 16.4. The minimum absolute atomic E-state index is 0.103. The van der Waals surface area contributed by atoms with Crippen molar-refractivity contribution in [2.45, 2.75) is 71.8 Å². The first-order valence-electron chi connectivity index (χ1n) is 9.78. The van der Waals surface area contributed by atoms with E-state index in [0.29, 0.717) is 23.2 Å². The van der Waals surface area contributed by atoms with Crippen molar-refractivity contribution in [1.82, 2.24) is 24.9 Å². The third-order valence-electron chi connectivity index (χ3n) is 6.21. The zero-order valence-electron chi connectivity index (χ0n) is 16.4. The summed E-state index contributed by atoms with van der Waals surface area (Å²) in [6, 6.07) is 2.05. The maximum Gasteiger partial charge on any atom is 0.270 e. The fourth-order valence-corrected chi connectivity index (χ4v) is 4.91. The lowest BCUT2D eigenvalue weighted by molar-refractivity contribution is 0.0910. The second-order valence-electron chi connectivity index (χ2n) is 9.25. The summed E-state index contributed by atoms with van der Waals surface area (Å²) in [6.07, 6.45) is 5.31. The number of carbonyl (C=O) groups excluding carboxylic acids is 1. The van der Waals surface area contributed by atoms with Gasteiger partial charge in [0.15, 0.2) is 0 Å². The van der Waals surface area contributed by atoms with Gasteiger partial charge in [0.1, 0.15) is 11.5 Å². The molecule has 2 bridgehead atoms. The highest BCUT2D eigenvalue weighted by molar-refractivity contribution is 5.93. The standard InChI is InChI=1S/C20H29N5O/c1-11(15-9-13-6-7-14(15)8-13)21-18(26)16-10-17(20(3,4)5)25-19(23-16)22-12(2)24-25/h10-11,13-15H,6-9H2,1-5H3,(H,21,26)/t11-,13-,14-,15+/m0/s1. The van der Waals surface area contributed by atoms with E-state index in [4.69, 9.17) is 0 Å². The lowest BCUT2D eigenvalue weighted by Crippen LogP contribution is -2.40. The van der Waals surface area contributed by atoms with Crippen molar-refractivity contribution < 1.29 is 4.79 Å². The molecule has 0 aromatic carbocycles. The first-order valence-corrected chi connectivity index (χ1v) is 9.78. The number of amides is 1. The van der Waals surface area contributed by atoms with E-state index >= 15 is 0 Å². The van der Waals surface area contributed by atoms with Crippen LogP contribution in [0.1, 0.15) is 75.4 Å². The summed E-state index contributed by atoms with van der Waals surface area (Å²) in [5.41, 5.74) is 1.22. The molecule has 0 spiro atoms. The highest BCUT2D eigenvalue weighted by Gasteiger charge is 2.42. The summed E-state index contributed by atoms with van der Waals surface area (Å²) in [4.78, 5) is 21.8. The molecule has 2 aliphatic rings. The van der Waals surface area contributed by atoms with E-state index in [2.05, 4.69) is 48.1 Å². The largest absolute Gasteiger partial charge is 0.348 e. The van der Waals surface area contributed by atoms with Crippen LogP contribution in [0, 0.1) is 24.7 Å². The molecule has 2 aliphatic carbocycles. The fourth-order valence-electron chi connectivity index (χ4n) is 4.91. The van der Waals surface area contributed by atoms with Crippen molar-refractivity contribution >= 4 is 11.7 Å². The summed E-state index contributed by atoms with van der Waals surface area (Å²) < 4.78 is 1.76. The van der Waals surface area contributed by atoms with Gasteiger partial charge >= 0.3 is 0 Å². The van der Waals surface area contributed by atoms with E-state index < -0.39 is 0 Å². The predicted octanol–water partition coefficient (Wildman–Crippen LogP) is 3.28. The number of aromatic nitrogens is 4. The Morgan fingerprint density at radius 3 is 2.65 bits per heavy atom. The SMILES string of the molecule is Cc1nc2nc(C(=O)N[C@@H](C)[C@H]3C[C@H]4CC[C@H]3C4)cc(C(C)(C)C)n2n1. The average molecular weight is 355 g/mol. The van der Waals surface area contributed by atoms with Crippen LogP contribution >= 0.6 is 0 Å². The van der Waals surface area contributed by atoms with E-state index in [-0.39, 0.29) is 17.4 Å². The molecule has 0 saturated heterocycles. The van der Waals surface area contributed by atoms with Crippen LogP contribution in [0.3, 0.4) is 0 Å². The Bertz CT molecular complexity index is 850. The molecule has 26 heavy (non-hydrogen) atoms. The van der Waals surface area contributed by atoms with Gasteiger partial charge in [0.25, 0.3) is 11.7 Å². The maximum atomic E-state index is 12.9. The summed E-state index contributed by atoms with van der Waals surface area (Å²) in [6.45, 7) is 10.3. The van der Waals surface area contributed by atoms with Gasteiger partial charge in [0, 0.05) is 11.5 Å². The summed E-state index contributed by atoms with van der Waals surface area (Å²) in [7, 11) is 0. The van der Waals surface area contributed by atoms with Crippen LogP contribution in [0.15, 0.2) is 6.07 Å². The van der Waals surface area contributed by atoms with Gasteiger partial charge in [0.2, 0.25) is 0 Å². The van der Waals surface area contributed by atoms with Gasteiger partial charge in [-0.1, -0.05) is 27.2 Å². The molecule has 140 valence electrons. The van der Waals surface area contributed by atoms with Crippen LogP contribution in [0.5, 0.6) is 0 Å². The molecule has 6 heteroatoms. The van der Waals surface area contributed by atoms with E-state index in [9.17, 15) is 4.79 Å². The smallest absolute Gasteiger partial charge is 0.270 e. The summed E-state index contributed by atoms with van der Waals surface area (Å²) in [5.74, 6) is 3.33. The molecule has 4 rings (SSSR count). The van der Waals surface area contributed by atoms with Crippen molar-refractivity contribution in [3.05, 3.63) is 23.3 Å². The van der Waals surface area contributed by atoms with E-state index in [0.717, 1.165) is 17.5 Å². The third-order valence-corrected chi connectivity index (χ3v) is 6.21. The fraction of sp³-hybridized carbons (Fsp3) is 0.700. The Morgan fingerprint density at radius 2 is 2.04 bits per heavy atom. The van der Waals surface area contributed by atoms with Crippen LogP contribution in [-0.2, 0) is 5.41 Å². The second-order valence-corrected chi connectivity index (χ2v) is 9.25. The number of rotatable bonds is 3. The molecule has 2 aromatic heterocycles. The highest BCUT2D eigenvalue weighted by Crippen LogP contribution is 2.49. The molecule has 6 nitrogen and oxygen atoms in total. The van der Waals surface area contributed by atoms with Gasteiger partial charge < -0.3 is 5.32 Å². The molecule has 1 N–H and O–H groups in total. The molecule has 4 atom stereocenters. The Balaban J connectivity index is 1.60. The summed E-state index contributed by atoms with van der Waals surface area (Å²) in [5, 5.41) is 7.66. The molecule has 0 unspecified atom stereocenters. The number of aryl methyl sites for hydroxylation is 1. The molecule has 2 aromatic rings. The number of nitrogens with one attached hydrogen (secondary N) is 1. The molecule has 1 amide bonds. The van der Waals surface area contributed by atoms with Crippen LogP contribution in [0.2, 0.25) is 0 Å². The Morgan fingerprint density at radius 1 is 1.27 bits per heavy atom. The topological polar surface area (TPSA) is 72.2 Å². The molecule has 2 saturated carbocycles. The minimum Gasteiger partial charge on any atom is -0.348 e. The minimum atomic E-state index is -0.160. The van der Waals surface area contributed by atoms with E-state index in [1.54, 1.807) is 4.52 Å². The van der Waals surface area contributed by atoms with Crippen LogP contribution < -0.4 is 5.32 Å². The summed E-state index contributed by atoms with van der Waals surface area (Å²) >= 11 is 0. The normalized spacial score (nSPS) is 26.4. The van der Waals surface area contributed by atoms with Crippen molar-refractivity contribution in [2.24, 2.45) is 17.8 Å². The Kier molecular flexibility index (Phi) is 4.04. The van der Waals surface area contributed by atoms with Crippen molar-refractivity contribution in [3.63, 3.8) is 0 Å². The number of fused-ring (bicyclic) bond motifs is 3. The third kappa shape index (κ3) is 2.99. The van der Waals surface area contributed by atoms with E-state index in [1.807, 2.05) is 13.0 Å². The first kappa shape index (κ1) is 17.4. The molecular formula is C20H29N5O. The number of hydrogen-bond acceptors (Lipinski definition) is 4.